The van der Waals surface area contributed by atoms with Crippen LogP contribution in [0.5, 0.6) is 0 Å². The van der Waals surface area contributed by atoms with Crippen LogP contribution in [0.2, 0.25) is 0 Å². The molecule has 3 nitrogen and oxygen atoms in total. The molecule has 0 aliphatic heterocycles. The fourth-order valence-electron chi connectivity index (χ4n) is 2.23. The molecule has 1 heterocycles. The zero-order chi connectivity index (χ0) is 14.7. The lowest BCUT2D eigenvalue weighted by atomic mass is 10.1. The van der Waals surface area contributed by atoms with Crippen molar-refractivity contribution in [3.8, 4) is 11.3 Å². The van der Waals surface area contributed by atoms with Crippen LogP contribution in [0.4, 0.5) is 0 Å². The summed E-state index contributed by atoms with van der Waals surface area (Å²) in [6.45, 7) is 2.17. The van der Waals surface area contributed by atoms with Crippen molar-refractivity contribution in [2.45, 2.75) is 6.92 Å². The molecule has 21 heavy (non-hydrogen) atoms. The molecular weight excluding hydrogens is 262 g/mol. The molecule has 0 N–H and O–H groups in total. The van der Waals surface area contributed by atoms with Crippen LogP contribution >= 0.6 is 0 Å². The third-order valence-electron chi connectivity index (χ3n) is 3.27. The molecular formula is C18H15NO2. The highest BCUT2D eigenvalue weighted by atomic mass is 16.5. The van der Waals surface area contributed by atoms with Gasteiger partial charge in [-0.3, -0.25) is 0 Å². The van der Waals surface area contributed by atoms with Crippen LogP contribution in [0, 0.1) is 0 Å². The Morgan fingerprint density at radius 2 is 1.81 bits per heavy atom. The topological polar surface area (TPSA) is 39.2 Å². The van der Waals surface area contributed by atoms with Crippen molar-refractivity contribution in [3.63, 3.8) is 0 Å². The maximum atomic E-state index is 11.8. The van der Waals surface area contributed by atoms with E-state index < -0.39 is 0 Å². The third-order valence-corrected chi connectivity index (χ3v) is 3.27. The monoisotopic (exact) mass is 277 g/mol. The van der Waals surface area contributed by atoms with E-state index >= 15 is 0 Å². The van der Waals surface area contributed by atoms with Crippen molar-refractivity contribution in [1.29, 1.82) is 0 Å². The highest BCUT2D eigenvalue weighted by molar-refractivity contribution is 5.94. The normalized spacial score (nSPS) is 10.5. The number of aromatic nitrogens is 1. The van der Waals surface area contributed by atoms with Crippen LogP contribution in [0.1, 0.15) is 17.3 Å². The number of benzene rings is 2. The van der Waals surface area contributed by atoms with Crippen molar-refractivity contribution >= 4 is 16.9 Å². The van der Waals surface area contributed by atoms with Gasteiger partial charge in [0, 0.05) is 10.9 Å². The Labute approximate surface area is 123 Å². The second-order valence-electron chi connectivity index (χ2n) is 4.69. The van der Waals surface area contributed by atoms with E-state index in [2.05, 4.69) is 4.98 Å². The van der Waals surface area contributed by atoms with E-state index in [9.17, 15) is 4.79 Å². The Hall–Kier alpha value is -2.68. The van der Waals surface area contributed by atoms with E-state index in [4.69, 9.17) is 4.74 Å². The number of carbonyl (C=O) groups excluding carboxylic acids is 1. The summed E-state index contributed by atoms with van der Waals surface area (Å²) in [7, 11) is 0. The summed E-state index contributed by atoms with van der Waals surface area (Å²) in [6.07, 6.45) is 0. The minimum atomic E-state index is -0.314. The molecule has 0 spiro atoms. The Bertz CT molecular complexity index is 782. The fraction of sp³-hybridized carbons (Fsp3) is 0.111. The lowest BCUT2D eigenvalue weighted by molar-refractivity contribution is 0.0526. The quantitative estimate of drug-likeness (QED) is 0.677. The molecule has 0 aliphatic rings. The number of carbonyl (C=O) groups is 1. The minimum Gasteiger partial charge on any atom is -0.462 e. The Morgan fingerprint density at radius 1 is 1.05 bits per heavy atom. The zero-order valence-electron chi connectivity index (χ0n) is 11.7. The standard InChI is InChI=1S/C18H15NO2/c1-2-21-18(20)15-9-8-14-10-11-16(19-17(14)12-15)13-6-4-3-5-7-13/h3-12H,2H2,1H3. The van der Waals surface area contributed by atoms with E-state index in [-0.39, 0.29) is 5.97 Å². The Kier molecular flexibility index (Phi) is 3.65. The van der Waals surface area contributed by atoms with E-state index in [1.165, 1.54) is 0 Å². The average molecular weight is 277 g/mol. The highest BCUT2D eigenvalue weighted by Crippen LogP contribution is 2.21. The molecule has 0 saturated carbocycles. The van der Waals surface area contributed by atoms with Gasteiger partial charge in [0.2, 0.25) is 0 Å². The maximum Gasteiger partial charge on any atom is 0.338 e. The van der Waals surface area contributed by atoms with Crippen molar-refractivity contribution in [3.05, 3.63) is 66.2 Å². The SMILES string of the molecule is CCOC(=O)c1ccc2ccc(-c3ccccc3)nc2c1. The Balaban J connectivity index is 2.05. The minimum absolute atomic E-state index is 0.314. The predicted molar refractivity (Wildman–Crippen MR) is 83.1 cm³/mol. The molecule has 0 bridgehead atoms. The largest absolute Gasteiger partial charge is 0.462 e. The van der Waals surface area contributed by atoms with Crippen LogP contribution in [-0.2, 0) is 4.74 Å². The van der Waals surface area contributed by atoms with Crippen LogP contribution in [0.3, 0.4) is 0 Å². The molecule has 0 unspecified atom stereocenters. The average Bonchev–Trinajstić information content (AvgIpc) is 2.55. The highest BCUT2D eigenvalue weighted by Gasteiger charge is 2.08. The third kappa shape index (κ3) is 2.77. The molecule has 104 valence electrons. The van der Waals surface area contributed by atoms with Gasteiger partial charge in [0.15, 0.2) is 0 Å². The first-order chi connectivity index (χ1) is 10.3. The van der Waals surface area contributed by atoms with Gasteiger partial charge in [-0.05, 0) is 25.1 Å². The first kappa shape index (κ1) is 13.3. The fourth-order valence-corrected chi connectivity index (χ4v) is 2.23. The lowest BCUT2D eigenvalue weighted by Crippen LogP contribution is -2.04. The van der Waals surface area contributed by atoms with Crippen LogP contribution in [0.15, 0.2) is 60.7 Å². The summed E-state index contributed by atoms with van der Waals surface area (Å²) < 4.78 is 5.03. The van der Waals surface area contributed by atoms with Crippen molar-refractivity contribution in [1.82, 2.24) is 4.98 Å². The van der Waals surface area contributed by atoms with Gasteiger partial charge in [-0.25, -0.2) is 9.78 Å². The molecule has 0 saturated heterocycles. The van der Waals surface area contributed by atoms with E-state index in [0.29, 0.717) is 12.2 Å². The van der Waals surface area contributed by atoms with Crippen molar-refractivity contribution < 1.29 is 9.53 Å². The number of hydrogen-bond acceptors (Lipinski definition) is 3. The maximum absolute atomic E-state index is 11.8. The van der Waals surface area contributed by atoms with Crippen LogP contribution in [-0.4, -0.2) is 17.6 Å². The number of hydrogen-bond donors (Lipinski definition) is 0. The van der Waals surface area contributed by atoms with Gasteiger partial charge in [0.05, 0.1) is 23.4 Å². The van der Waals surface area contributed by atoms with Gasteiger partial charge < -0.3 is 4.74 Å². The number of esters is 1. The molecule has 0 radical (unpaired) electrons. The molecule has 0 fully saturated rings. The number of ether oxygens (including phenoxy) is 1. The van der Waals surface area contributed by atoms with Crippen LogP contribution < -0.4 is 0 Å². The van der Waals surface area contributed by atoms with Crippen molar-refractivity contribution in [2.75, 3.05) is 6.61 Å². The summed E-state index contributed by atoms with van der Waals surface area (Å²) >= 11 is 0. The van der Waals surface area contributed by atoms with E-state index in [0.717, 1.165) is 22.2 Å². The Morgan fingerprint density at radius 3 is 2.57 bits per heavy atom. The number of pyridine rings is 1. The molecule has 3 heteroatoms. The van der Waals surface area contributed by atoms with E-state index in [1.807, 2.05) is 48.5 Å². The molecule has 3 rings (SSSR count). The number of fused-ring (bicyclic) bond motifs is 1. The molecule has 0 aliphatic carbocycles. The first-order valence-electron chi connectivity index (χ1n) is 6.91. The second kappa shape index (κ2) is 5.75. The summed E-state index contributed by atoms with van der Waals surface area (Å²) in [5.74, 6) is -0.314. The smallest absolute Gasteiger partial charge is 0.338 e. The summed E-state index contributed by atoms with van der Waals surface area (Å²) in [4.78, 5) is 16.4. The summed E-state index contributed by atoms with van der Waals surface area (Å²) in [5.41, 5.74) is 3.27. The first-order valence-corrected chi connectivity index (χ1v) is 6.91. The predicted octanol–water partition coefficient (Wildman–Crippen LogP) is 4.08. The van der Waals surface area contributed by atoms with Gasteiger partial charge in [-0.1, -0.05) is 42.5 Å². The lowest BCUT2D eigenvalue weighted by Gasteiger charge is -2.05. The van der Waals surface area contributed by atoms with Gasteiger partial charge >= 0.3 is 5.97 Å². The molecule has 0 amide bonds. The number of rotatable bonds is 3. The molecule has 3 aromatic rings. The van der Waals surface area contributed by atoms with Gasteiger partial charge in [-0.2, -0.15) is 0 Å². The summed E-state index contributed by atoms with van der Waals surface area (Å²) in [5, 5.41) is 1.00. The molecule has 2 aromatic carbocycles. The van der Waals surface area contributed by atoms with Gasteiger partial charge in [0.25, 0.3) is 0 Å². The van der Waals surface area contributed by atoms with Crippen LogP contribution in [0.25, 0.3) is 22.2 Å². The van der Waals surface area contributed by atoms with E-state index in [1.54, 1.807) is 19.1 Å². The second-order valence-corrected chi connectivity index (χ2v) is 4.69. The molecule has 0 atom stereocenters. The van der Waals surface area contributed by atoms with Crippen molar-refractivity contribution in [2.24, 2.45) is 0 Å². The van der Waals surface area contributed by atoms with Gasteiger partial charge in [0.1, 0.15) is 0 Å². The molecule has 1 aromatic heterocycles. The summed E-state index contributed by atoms with van der Waals surface area (Å²) in [6, 6.07) is 19.4. The zero-order valence-corrected chi connectivity index (χ0v) is 11.7. The number of nitrogens with zero attached hydrogens (tertiary/aromatic N) is 1. The van der Waals surface area contributed by atoms with Gasteiger partial charge in [-0.15, -0.1) is 0 Å².